The Morgan fingerprint density at radius 1 is 1.27 bits per heavy atom. The minimum Gasteiger partial charge on any atom is -0.275 e. The van der Waals surface area contributed by atoms with Crippen molar-refractivity contribution in [3.8, 4) is 0 Å². The van der Waals surface area contributed by atoms with Gasteiger partial charge in [0.2, 0.25) is 0 Å². The Bertz CT molecular complexity index is 99.5. The molecule has 68 valence electrons. The number of hydrazine groups is 2. The number of hydrogen-bond acceptors (Lipinski definition) is 7. The van der Waals surface area contributed by atoms with Crippen molar-refractivity contribution in [3.05, 3.63) is 0 Å². The van der Waals surface area contributed by atoms with E-state index in [9.17, 15) is 4.79 Å². The van der Waals surface area contributed by atoms with Gasteiger partial charge in [-0.25, -0.2) is 16.5 Å². The highest BCUT2D eigenvalue weighted by atomic mass is 35.7. The molecule has 0 saturated heterocycles. The van der Waals surface area contributed by atoms with Crippen LogP contribution in [0.3, 0.4) is 0 Å². The van der Waals surface area contributed by atoms with Crippen molar-refractivity contribution >= 4 is 6.03 Å². The maximum atomic E-state index is 9.71. The van der Waals surface area contributed by atoms with E-state index >= 15 is 0 Å². The van der Waals surface area contributed by atoms with Crippen LogP contribution in [0.2, 0.25) is 0 Å². The lowest BCUT2D eigenvalue weighted by atomic mass is 11.1. The molecule has 11 heavy (non-hydrogen) atoms. The second-order valence-electron chi connectivity index (χ2n) is 1.01. The highest BCUT2D eigenvalue weighted by Gasteiger charge is 1.98. The molecule has 0 aliphatic carbocycles. The van der Waals surface area contributed by atoms with Crippen LogP contribution in [0.4, 0.5) is 4.79 Å². The first kappa shape index (κ1) is 12.9. The number of halogens is 1. The van der Waals surface area contributed by atoms with Gasteiger partial charge in [-0.2, -0.15) is 14.0 Å². The van der Waals surface area contributed by atoms with E-state index in [0.29, 0.717) is 0 Å². The second-order valence-corrected chi connectivity index (χ2v) is 1.81. The first-order valence-electron chi connectivity index (χ1n) is 1.91. The molecule has 0 aromatic carbocycles. The first-order valence-corrected chi connectivity index (χ1v) is 3.18. The van der Waals surface area contributed by atoms with E-state index in [1.807, 2.05) is 0 Å². The normalized spacial score (nSPS) is 9.27. The Morgan fingerprint density at radius 2 is 1.45 bits per heavy atom. The van der Waals surface area contributed by atoms with Crippen molar-refractivity contribution in [1.29, 1.82) is 0 Å². The number of nitrogens with one attached hydrogen (secondary N) is 2. The molecule has 10 heteroatoms. The van der Waals surface area contributed by atoms with Gasteiger partial charge in [0.05, 0.1) is 14.9 Å². The zero-order chi connectivity index (χ0) is 9.49. The summed E-state index contributed by atoms with van der Waals surface area (Å²) < 4.78 is 32.7. The highest BCUT2D eigenvalue weighted by Crippen LogP contribution is 1.60. The van der Waals surface area contributed by atoms with E-state index in [2.05, 4.69) is 11.7 Å². The molecule has 0 fully saturated rings. The smallest absolute Gasteiger partial charge is 0.275 e. The van der Waals surface area contributed by atoms with Gasteiger partial charge in [-0.3, -0.25) is 10.9 Å². The van der Waals surface area contributed by atoms with Crippen molar-refractivity contribution < 1.29 is 33.7 Å². The molecule has 0 aliphatic rings. The summed E-state index contributed by atoms with van der Waals surface area (Å²) in [6.45, 7) is 0. The molecule has 0 aromatic heterocycles. The predicted octanol–water partition coefficient (Wildman–Crippen LogP) is -6.09. The third-order valence-corrected chi connectivity index (χ3v) is 0.262. The van der Waals surface area contributed by atoms with Crippen molar-refractivity contribution in [2.24, 2.45) is 11.7 Å². The van der Waals surface area contributed by atoms with Crippen molar-refractivity contribution in [1.82, 2.24) is 10.9 Å². The fraction of sp³-hybridized carbons (Fsp3) is 0. The van der Waals surface area contributed by atoms with Gasteiger partial charge in [-0.15, -0.1) is 0 Å². The molecule has 0 rings (SSSR count). The maximum absolute atomic E-state index is 9.71. The standard InChI is InChI=1S/CH6N4O.ClHO4/c2-4-1(6)5-3;2-1(3,4)5/h2-3H2,(H2,4,5,6);(H,2,3,4,5). The van der Waals surface area contributed by atoms with Crippen LogP contribution in [0, 0.1) is 10.2 Å². The lowest BCUT2D eigenvalue weighted by molar-refractivity contribution is -1.92. The van der Waals surface area contributed by atoms with Gasteiger partial charge in [0.15, 0.2) is 0 Å². The number of hydrogen-bond donors (Lipinski definition) is 5. The second kappa shape index (κ2) is 6.06. The molecule has 9 nitrogen and oxygen atoms in total. The summed E-state index contributed by atoms with van der Waals surface area (Å²) in [6, 6.07) is -0.602. The lowest BCUT2D eigenvalue weighted by Gasteiger charge is -2.03. The molecule has 0 atom stereocenters. The number of amides is 2. The Hall–Kier alpha value is -0.680. The number of carbonyl (C=O) groups excluding carboxylic acids is 1. The van der Waals surface area contributed by atoms with E-state index in [-0.39, 0.29) is 0 Å². The molecule has 0 unspecified atom stereocenters. The SMILES string of the molecule is NNC(=O)NN.[O-][Cl+3]([O-])([O-])O. The zero-order valence-corrected chi connectivity index (χ0v) is 5.87. The van der Waals surface area contributed by atoms with E-state index in [1.54, 1.807) is 10.9 Å². The third-order valence-electron chi connectivity index (χ3n) is 0.262. The average Bonchev–Trinajstić information content (AvgIpc) is 1.83. The largest absolute Gasteiger partial charge is 0.343 e. The summed E-state index contributed by atoms with van der Waals surface area (Å²) in [5.41, 5.74) is 3.48. The van der Waals surface area contributed by atoms with E-state index in [1.165, 1.54) is 0 Å². The highest BCUT2D eigenvalue weighted by molar-refractivity contribution is 5.72. The van der Waals surface area contributed by atoms with Crippen LogP contribution in [0.1, 0.15) is 0 Å². The molecule has 0 saturated carbocycles. The topological polar surface area (TPSA) is 183 Å². The van der Waals surface area contributed by atoms with Crippen LogP contribution in [0.25, 0.3) is 0 Å². The third kappa shape index (κ3) is 45.3. The van der Waals surface area contributed by atoms with Gasteiger partial charge in [0.1, 0.15) is 0 Å². The zero-order valence-electron chi connectivity index (χ0n) is 5.11. The van der Waals surface area contributed by atoms with Crippen LogP contribution < -0.4 is 36.5 Å². The molecular formula is CH7ClN4O5. The van der Waals surface area contributed by atoms with Crippen LogP contribution >= 0.6 is 0 Å². The van der Waals surface area contributed by atoms with Crippen LogP contribution in [0.5, 0.6) is 0 Å². The Labute approximate surface area is 63.3 Å². The minimum atomic E-state index is -4.69. The monoisotopic (exact) mass is 190 g/mol. The summed E-state index contributed by atoms with van der Waals surface area (Å²) >= 11 is 0. The average molecular weight is 191 g/mol. The molecule has 7 N–H and O–H groups in total. The van der Waals surface area contributed by atoms with E-state index < -0.39 is 16.3 Å². The number of nitrogens with two attached hydrogens (primary N) is 2. The molecule has 0 bridgehead atoms. The molecule has 0 aliphatic heterocycles. The Balaban J connectivity index is 0. The number of rotatable bonds is 0. The van der Waals surface area contributed by atoms with Crippen molar-refractivity contribution in [3.63, 3.8) is 0 Å². The Kier molecular flexibility index (Phi) is 7.13. The minimum absolute atomic E-state index is 0.602. The van der Waals surface area contributed by atoms with Gasteiger partial charge < -0.3 is 0 Å². The first-order chi connectivity index (χ1) is 4.81. The van der Waals surface area contributed by atoms with Crippen LogP contribution in [0.15, 0.2) is 0 Å². The van der Waals surface area contributed by atoms with Gasteiger partial charge >= 0.3 is 6.03 Å². The molecule has 0 spiro atoms. The summed E-state index contributed by atoms with van der Waals surface area (Å²) in [4.78, 5) is 9.71. The maximum Gasteiger partial charge on any atom is 0.343 e. The van der Waals surface area contributed by atoms with Gasteiger partial charge in [-0.1, -0.05) is 0 Å². The van der Waals surface area contributed by atoms with Gasteiger partial charge in [0.25, 0.3) is 0 Å². The van der Waals surface area contributed by atoms with E-state index in [4.69, 9.17) is 18.6 Å². The van der Waals surface area contributed by atoms with Crippen LogP contribution in [-0.4, -0.2) is 10.7 Å². The number of carbonyl (C=O) groups is 1. The summed E-state index contributed by atoms with van der Waals surface area (Å²) in [5, 5.41) is 0. The summed E-state index contributed by atoms with van der Waals surface area (Å²) in [5.74, 6) is 9.08. The predicted molar refractivity (Wildman–Crippen MR) is 22.3 cm³/mol. The Morgan fingerprint density at radius 3 is 1.45 bits per heavy atom. The fourth-order valence-electron chi connectivity index (χ4n) is 0.0417. The molecule has 0 heterocycles. The summed E-state index contributed by atoms with van der Waals surface area (Å²) in [7, 11) is -4.69. The molecule has 0 aromatic rings. The van der Waals surface area contributed by atoms with Crippen molar-refractivity contribution in [2.45, 2.75) is 0 Å². The van der Waals surface area contributed by atoms with Gasteiger partial charge in [-0.05, 0) is 0 Å². The fourth-order valence-corrected chi connectivity index (χ4v) is 0.0417. The summed E-state index contributed by atoms with van der Waals surface area (Å²) in [6.07, 6.45) is 0. The van der Waals surface area contributed by atoms with Gasteiger partial charge in [0, 0.05) is 0 Å². The molecular weight excluding hydrogens is 183 g/mol. The lowest BCUT2D eigenvalue weighted by Crippen LogP contribution is -2.58. The van der Waals surface area contributed by atoms with E-state index in [0.717, 1.165) is 0 Å². The van der Waals surface area contributed by atoms with Crippen LogP contribution in [-0.2, 0) is 0 Å². The number of urea groups is 1. The quantitative estimate of drug-likeness (QED) is 0.143. The molecule has 2 amide bonds. The van der Waals surface area contributed by atoms with Crippen molar-refractivity contribution in [2.75, 3.05) is 0 Å². The molecule has 0 radical (unpaired) electrons.